The van der Waals surface area contributed by atoms with Crippen molar-refractivity contribution in [3.8, 4) is 5.75 Å². The second-order valence-corrected chi connectivity index (χ2v) is 6.64. The Morgan fingerprint density at radius 1 is 1.41 bits per heavy atom. The Bertz CT molecular complexity index is 692. The van der Waals surface area contributed by atoms with Crippen molar-refractivity contribution in [2.45, 2.75) is 23.9 Å². The van der Waals surface area contributed by atoms with E-state index in [0.29, 0.717) is 17.7 Å². The summed E-state index contributed by atoms with van der Waals surface area (Å²) in [6.45, 7) is 0. The molecule has 1 amide bonds. The fraction of sp³-hybridized carbons (Fsp3) is 0.333. The highest BCUT2D eigenvalue weighted by Crippen LogP contribution is 2.43. The molecule has 1 saturated heterocycles. The summed E-state index contributed by atoms with van der Waals surface area (Å²) in [4.78, 5) is 24.9. The molecule has 3 heterocycles. The van der Waals surface area contributed by atoms with Crippen LogP contribution in [0.2, 0.25) is 0 Å². The number of thioether (sulfide) groups is 1. The monoisotopic (exact) mass is 318 g/mol. The number of ether oxygens (including phenoxy) is 1. The molecule has 3 atom stereocenters. The van der Waals surface area contributed by atoms with Gasteiger partial charge in [-0.3, -0.25) is 9.69 Å². The number of carboxylic acid groups (broad SMARTS) is 1. The molecule has 0 aromatic heterocycles. The van der Waals surface area contributed by atoms with E-state index in [1.165, 1.54) is 16.7 Å². The Balaban J connectivity index is 1.71. The smallest absolute Gasteiger partial charge is 0.352 e. The van der Waals surface area contributed by atoms with E-state index in [-0.39, 0.29) is 23.1 Å². The van der Waals surface area contributed by atoms with E-state index >= 15 is 0 Å². The van der Waals surface area contributed by atoms with Crippen LogP contribution in [0, 0.1) is 0 Å². The van der Waals surface area contributed by atoms with Gasteiger partial charge in [0.1, 0.15) is 29.0 Å². The molecule has 3 aliphatic rings. The summed E-state index contributed by atoms with van der Waals surface area (Å²) >= 11 is 1.50. The number of nitrogens with two attached hydrogens (primary N) is 1. The Morgan fingerprint density at radius 2 is 2.18 bits per heavy atom. The summed E-state index contributed by atoms with van der Waals surface area (Å²) in [6, 6.07) is 7.06. The van der Waals surface area contributed by atoms with Crippen LogP contribution in [0.4, 0.5) is 0 Å². The molecule has 1 fully saturated rings. The number of benzene rings is 1. The molecule has 0 saturated carbocycles. The molecular formula is C15H14N2O4S. The molecule has 22 heavy (non-hydrogen) atoms. The zero-order valence-corrected chi connectivity index (χ0v) is 12.4. The van der Waals surface area contributed by atoms with Crippen LogP contribution in [-0.4, -0.2) is 45.2 Å². The van der Waals surface area contributed by atoms with Crippen LogP contribution in [0.3, 0.4) is 0 Å². The Hall–Kier alpha value is -1.99. The summed E-state index contributed by atoms with van der Waals surface area (Å²) in [5, 5.41) is 9.28. The van der Waals surface area contributed by atoms with Crippen molar-refractivity contribution in [3.05, 3.63) is 41.1 Å². The average molecular weight is 318 g/mol. The normalized spacial score (nSPS) is 29.6. The van der Waals surface area contributed by atoms with Crippen LogP contribution in [-0.2, 0) is 16.0 Å². The predicted octanol–water partition coefficient (Wildman–Crippen LogP) is 0.571. The molecule has 7 heteroatoms. The van der Waals surface area contributed by atoms with Gasteiger partial charge in [-0.05, 0) is 11.6 Å². The van der Waals surface area contributed by atoms with Crippen molar-refractivity contribution >= 4 is 23.6 Å². The second kappa shape index (κ2) is 4.76. The van der Waals surface area contributed by atoms with Crippen LogP contribution in [0.25, 0.3) is 0 Å². The van der Waals surface area contributed by atoms with Crippen molar-refractivity contribution < 1.29 is 19.4 Å². The van der Waals surface area contributed by atoms with Crippen LogP contribution in [0.15, 0.2) is 35.5 Å². The molecule has 3 aliphatic heterocycles. The van der Waals surface area contributed by atoms with Gasteiger partial charge >= 0.3 is 5.97 Å². The third kappa shape index (κ3) is 1.79. The largest absolute Gasteiger partial charge is 0.485 e. The molecule has 1 aromatic carbocycles. The number of carboxylic acids is 1. The van der Waals surface area contributed by atoms with E-state index < -0.39 is 12.0 Å². The summed E-state index contributed by atoms with van der Waals surface area (Å²) in [6.07, 6.45) is 0.295. The SMILES string of the molecule is N[C@@H]1C(=O)N2C(C(=O)O)=C([C@H]3Cc4ccccc4O3)CS[C@H]12. The minimum atomic E-state index is -1.10. The highest BCUT2D eigenvalue weighted by atomic mass is 32.2. The second-order valence-electron chi connectivity index (χ2n) is 5.53. The van der Waals surface area contributed by atoms with Gasteiger partial charge in [0, 0.05) is 17.7 Å². The zero-order valence-electron chi connectivity index (χ0n) is 11.6. The quantitative estimate of drug-likeness (QED) is 0.775. The van der Waals surface area contributed by atoms with Crippen molar-refractivity contribution in [1.82, 2.24) is 4.90 Å². The van der Waals surface area contributed by atoms with E-state index in [9.17, 15) is 14.7 Å². The van der Waals surface area contributed by atoms with E-state index in [1.54, 1.807) is 0 Å². The molecule has 114 valence electrons. The van der Waals surface area contributed by atoms with Gasteiger partial charge in [-0.15, -0.1) is 11.8 Å². The van der Waals surface area contributed by atoms with Gasteiger partial charge in [0.25, 0.3) is 0 Å². The molecule has 0 bridgehead atoms. The molecule has 1 aromatic rings. The Kier molecular flexibility index (Phi) is 2.95. The lowest BCUT2D eigenvalue weighted by Gasteiger charge is -2.48. The summed E-state index contributed by atoms with van der Waals surface area (Å²) < 4.78 is 5.89. The van der Waals surface area contributed by atoms with Gasteiger partial charge < -0.3 is 15.6 Å². The molecule has 6 nitrogen and oxygen atoms in total. The van der Waals surface area contributed by atoms with Crippen molar-refractivity contribution in [3.63, 3.8) is 0 Å². The number of carbonyl (C=O) groups is 2. The third-order valence-corrected chi connectivity index (χ3v) is 5.60. The van der Waals surface area contributed by atoms with Gasteiger partial charge in [-0.25, -0.2) is 4.79 Å². The lowest BCUT2D eigenvalue weighted by atomic mass is 9.98. The maximum Gasteiger partial charge on any atom is 0.352 e. The van der Waals surface area contributed by atoms with Gasteiger partial charge in [-0.2, -0.15) is 0 Å². The number of fused-ring (bicyclic) bond motifs is 2. The maximum atomic E-state index is 11.9. The van der Waals surface area contributed by atoms with Crippen LogP contribution < -0.4 is 10.5 Å². The topological polar surface area (TPSA) is 92.9 Å². The van der Waals surface area contributed by atoms with Crippen molar-refractivity contribution in [1.29, 1.82) is 0 Å². The number of hydrogen-bond donors (Lipinski definition) is 2. The highest BCUT2D eigenvalue weighted by molar-refractivity contribution is 8.00. The fourth-order valence-corrected chi connectivity index (χ4v) is 4.52. The van der Waals surface area contributed by atoms with E-state index in [1.807, 2.05) is 24.3 Å². The molecule has 0 unspecified atom stereocenters. The summed E-state index contributed by atoms with van der Waals surface area (Å²) in [5.41, 5.74) is 7.51. The highest BCUT2D eigenvalue weighted by Gasteiger charge is 2.53. The first-order valence-corrected chi connectivity index (χ1v) is 8.04. The predicted molar refractivity (Wildman–Crippen MR) is 80.3 cm³/mol. The molecular weight excluding hydrogens is 304 g/mol. The lowest BCUT2D eigenvalue weighted by Crippen LogP contribution is -2.68. The number of hydrogen-bond acceptors (Lipinski definition) is 5. The number of aliphatic carboxylic acids is 1. The van der Waals surface area contributed by atoms with E-state index in [0.717, 1.165) is 11.3 Å². The van der Waals surface area contributed by atoms with Gasteiger partial charge in [0.15, 0.2) is 0 Å². The number of para-hydroxylation sites is 1. The number of carbonyl (C=O) groups excluding carboxylic acids is 1. The van der Waals surface area contributed by atoms with Gasteiger partial charge in [-0.1, -0.05) is 18.2 Å². The Labute approximate surface area is 130 Å². The first kappa shape index (κ1) is 13.7. The number of amides is 1. The average Bonchev–Trinajstić information content (AvgIpc) is 2.96. The fourth-order valence-electron chi connectivity index (χ4n) is 3.16. The maximum absolute atomic E-state index is 11.9. The Morgan fingerprint density at radius 3 is 2.91 bits per heavy atom. The molecule has 0 aliphatic carbocycles. The lowest BCUT2D eigenvalue weighted by molar-refractivity contribution is -0.148. The first-order chi connectivity index (χ1) is 10.6. The first-order valence-electron chi connectivity index (χ1n) is 6.99. The zero-order chi connectivity index (χ0) is 15.4. The standard InChI is InChI=1S/C15H14N2O4S/c16-11-13(18)17-12(15(19)20)8(6-22-14(11)17)10-5-7-3-1-2-4-9(7)21-10/h1-4,10-11,14H,5-6,16H2,(H,19,20)/t10-,11-,14-/m1/s1. The summed E-state index contributed by atoms with van der Waals surface area (Å²) in [7, 11) is 0. The van der Waals surface area contributed by atoms with Crippen LogP contribution >= 0.6 is 11.8 Å². The van der Waals surface area contributed by atoms with Crippen LogP contribution in [0.5, 0.6) is 5.75 Å². The number of nitrogens with zero attached hydrogens (tertiary/aromatic N) is 1. The van der Waals surface area contributed by atoms with E-state index in [2.05, 4.69) is 0 Å². The van der Waals surface area contributed by atoms with Gasteiger partial charge in [0.05, 0.1) is 0 Å². The summed E-state index contributed by atoms with van der Waals surface area (Å²) in [5.74, 6) is -0.131. The van der Waals surface area contributed by atoms with Crippen LogP contribution in [0.1, 0.15) is 5.56 Å². The minimum Gasteiger partial charge on any atom is -0.485 e. The van der Waals surface area contributed by atoms with E-state index in [4.69, 9.17) is 10.5 Å². The molecule has 3 N–H and O–H groups in total. The molecule has 4 rings (SSSR count). The molecule has 0 spiro atoms. The third-order valence-electron chi connectivity index (χ3n) is 4.28. The van der Waals surface area contributed by atoms with Gasteiger partial charge in [0.2, 0.25) is 5.91 Å². The number of rotatable bonds is 2. The van der Waals surface area contributed by atoms with Crippen molar-refractivity contribution in [2.24, 2.45) is 5.73 Å². The molecule has 0 radical (unpaired) electrons. The van der Waals surface area contributed by atoms with Crippen molar-refractivity contribution in [2.75, 3.05) is 5.75 Å². The minimum absolute atomic E-state index is 0.0493. The number of β-lactam (4-membered cyclic amide) rings is 1.